The maximum Gasteiger partial charge on any atom is 0.416 e. The minimum Gasteiger partial charge on any atom is -0.493 e. The molecule has 8 rings (SSSR count). The van der Waals surface area contributed by atoms with Crippen molar-refractivity contribution < 1.29 is 125 Å². The second-order valence-electron chi connectivity index (χ2n) is 27.9. The molecule has 36 heteroatoms. The fourth-order valence-corrected chi connectivity index (χ4v) is 12.5. The highest BCUT2D eigenvalue weighted by molar-refractivity contribution is 6.13. The maximum absolute atomic E-state index is 14.3. The third kappa shape index (κ3) is 28.2. The second-order valence-corrected chi connectivity index (χ2v) is 27.9. The molecule has 7 N–H and O–H groups in total. The molecule has 3 aromatic carbocycles. The molecular weight excluding hydrogens is 1520 g/mol. The predicted molar refractivity (Wildman–Crippen MR) is 417 cm³/mol. The molecule has 5 aliphatic rings. The number of ether oxygens (including phenoxy) is 13. The Morgan fingerprint density at radius 1 is 0.560 bits per heavy atom. The lowest BCUT2D eigenvalue weighted by molar-refractivity contribution is -0.142. The lowest BCUT2D eigenvalue weighted by Crippen LogP contribution is -2.53. The van der Waals surface area contributed by atoms with Crippen molar-refractivity contribution in [2.45, 2.75) is 135 Å². The molecule has 116 heavy (non-hydrogen) atoms. The van der Waals surface area contributed by atoms with Crippen LogP contribution >= 0.6 is 0 Å². The van der Waals surface area contributed by atoms with Crippen molar-refractivity contribution in [2.75, 3.05) is 156 Å². The molecule has 0 radical (unpaired) electrons. The molecule has 0 bridgehead atoms. The van der Waals surface area contributed by atoms with Crippen LogP contribution in [0.4, 0.5) is 21.9 Å². The first-order chi connectivity index (χ1) is 55.9. The van der Waals surface area contributed by atoms with Gasteiger partial charge in [-0.1, -0.05) is 37.1 Å². The molecule has 36 nitrogen and oxygen atoms in total. The van der Waals surface area contributed by atoms with E-state index in [0.717, 1.165) is 20.9 Å². The number of benzene rings is 3. The zero-order valence-electron chi connectivity index (χ0n) is 66.7. The van der Waals surface area contributed by atoms with Crippen molar-refractivity contribution in [1.29, 1.82) is 0 Å². The molecule has 0 fully saturated rings. The lowest BCUT2D eigenvalue weighted by Gasteiger charge is -2.31. The molecule has 0 saturated carbocycles. The van der Waals surface area contributed by atoms with Crippen LogP contribution in [0.1, 0.15) is 119 Å². The van der Waals surface area contributed by atoms with E-state index in [1.165, 1.54) is 50.3 Å². The number of nitrogens with zero attached hydrogens (tertiary/aromatic N) is 5. The Labute approximate surface area is 673 Å². The summed E-state index contributed by atoms with van der Waals surface area (Å²) in [5.74, 6) is -4.89. The smallest absolute Gasteiger partial charge is 0.416 e. The number of aliphatic imine (C=N–C) groups is 1. The van der Waals surface area contributed by atoms with E-state index < -0.39 is 89.7 Å². The number of aliphatic hydroxyl groups is 1. The summed E-state index contributed by atoms with van der Waals surface area (Å²) < 4.78 is 73.3. The summed E-state index contributed by atoms with van der Waals surface area (Å²) in [6, 6.07) is 7.96. The molecule has 0 saturated heterocycles. The Balaban J connectivity index is 0.650. The van der Waals surface area contributed by atoms with Gasteiger partial charge in [-0.25, -0.2) is 14.5 Å². The fourth-order valence-electron chi connectivity index (χ4n) is 12.5. The van der Waals surface area contributed by atoms with Crippen molar-refractivity contribution >= 4 is 88.5 Å². The topological polar surface area (TPSA) is 434 Å². The number of aliphatic hydroxyl groups excluding tert-OH is 1. The number of aliphatic carboxylic acids is 1. The standard InChI is InChI=1S/C80H108N10O26/c1-51(2)73(86-69(92)16-15-60(79(101)102)85-70(93)20-25-106-27-29-108-31-33-110-35-37-112-39-40-113-38-36-111-34-32-109-30-28-107-26-21-81-68(91)19-22-87-71(94)17-18-72(87)95)75(97)83-54(5)74(96)84-56-13-11-55(12-14-56)50-116-80(103)90-62-46-67(65(105-7)44-59(62)77(99)89-49-53(4)42-63(89)78(90)100)115-24-10-8-9-23-114-66-45-61-58(43-64(66)104-6)76(98)88-48-52(3)41-57(88)47-82-61/h11-14,17-18,43-49,51,54,57,60,63,73,78,100H,8-10,15-16,19-42,50H2,1-7H3,(H,81,91)(H,83,97)(H,84,96)(H,85,93)(H,86,92)(H,101,102)/t54-,57-,60-,63-,73-,78-/m0/s1. The number of anilines is 2. The third-order valence-electron chi connectivity index (χ3n) is 18.7. The van der Waals surface area contributed by atoms with E-state index in [1.54, 1.807) is 67.6 Å². The number of amides is 10. The number of carboxylic acids is 1. The first-order valence-corrected chi connectivity index (χ1v) is 38.8. The summed E-state index contributed by atoms with van der Waals surface area (Å²) in [6.45, 7) is 14.1. The average molecular weight is 1630 g/mol. The Bertz CT molecular complexity index is 3970. The number of imide groups is 1. The van der Waals surface area contributed by atoms with Crippen LogP contribution in [0.3, 0.4) is 0 Å². The van der Waals surface area contributed by atoms with Gasteiger partial charge >= 0.3 is 12.1 Å². The SMILES string of the molecule is COc1cc2c(cc1OCCCCCOc1cc3c(cc1OC)C(=O)N1C=C(C)C[C@H]1[C@H](O)N3C(=O)OCc1ccc(NC(=O)[C@H](C)NC(=O)[C@@H](NC(=O)CC[C@H](NC(=O)CCOCCOCCOCCOCCOCCOCCOCCOCCNC(=O)CCN3C(=O)C=CC3=O)C(=O)O)C(C)C)cc1)N=C[C@@H]1CC(C)=CN1C2=O. The number of methoxy groups -OCH3 is 2. The van der Waals surface area contributed by atoms with Gasteiger partial charge in [0, 0.05) is 80.9 Å². The summed E-state index contributed by atoms with van der Waals surface area (Å²) in [6.07, 6.45) is 7.16. The van der Waals surface area contributed by atoms with Crippen LogP contribution in [0.15, 0.2) is 89.2 Å². The number of carbonyl (C=O) groups is 11. The lowest BCUT2D eigenvalue weighted by atomic mass is 10.0. The zero-order chi connectivity index (χ0) is 83.5. The molecule has 3 aromatic rings. The maximum atomic E-state index is 14.3. The van der Waals surface area contributed by atoms with Crippen molar-refractivity contribution in [3.63, 3.8) is 0 Å². The highest BCUT2D eigenvalue weighted by Crippen LogP contribution is 2.43. The van der Waals surface area contributed by atoms with Gasteiger partial charge in [-0.3, -0.25) is 53.0 Å². The van der Waals surface area contributed by atoms with E-state index in [9.17, 15) is 63.0 Å². The minimum atomic E-state index is -1.56. The van der Waals surface area contributed by atoms with Gasteiger partial charge in [0.05, 0.1) is 168 Å². The highest BCUT2D eigenvalue weighted by Gasteiger charge is 2.45. The fraction of sp³-hybridized carbons (Fsp3) is 0.550. The summed E-state index contributed by atoms with van der Waals surface area (Å²) in [7, 11) is 2.94. The number of fused-ring (bicyclic) bond motifs is 4. The number of rotatable bonds is 53. The van der Waals surface area contributed by atoms with E-state index >= 15 is 0 Å². The van der Waals surface area contributed by atoms with E-state index in [-0.39, 0.29) is 132 Å². The van der Waals surface area contributed by atoms with Gasteiger partial charge in [0.25, 0.3) is 23.6 Å². The van der Waals surface area contributed by atoms with Crippen LogP contribution < -0.4 is 50.4 Å². The van der Waals surface area contributed by atoms with Crippen molar-refractivity contribution in [3.05, 3.63) is 101 Å². The molecule has 10 amide bonds. The van der Waals surface area contributed by atoms with Crippen molar-refractivity contribution in [3.8, 4) is 23.0 Å². The van der Waals surface area contributed by atoms with Gasteiger partial charge in [-0.15, -0.1) is 0 Å². The van der Waals surface area contributed by atoms with E-state index in [0.29, 0.717) is 139 Å². The Morgan fingerprint density at radius 3 is 1.66 bits per heavy atom. The number of hydrogen-bond acceptors (Lipinski definition) is 26. The van der Waals surface area contributed by atoms with E-state index in [1.807, 2.05) is 20.0 Å². The van der Waals surface area contributed by atoms with E-state index in [2.05, 4.69) is 31.6 Å². The number of unbranched alkanes of at least 4 members (excludes halogenated alkanes) is 2. The summed E-state index contributed by atoms with van der Waals surface area (Å²) in [5, 5.41) is 34.9. The molecule has 634 valence electrons. The Kier molecular flexibility index (Phi) is 37.3. The molecule has 0 aromatic heterocycles. The monoisotopic (exact) mass is 1620 g/mol. The highest BCUT2D eigenvalue weighted by atomic mass is 16.6. The average Bonchev–Trinajstić information content (AvgIpc) is 1.59. The Morgan fingerprint density at radius 2 is 1.09 bits per heavy atom. The Hall–Kier alpha value is -10.4. The molecule has 0 unspecified atom stereocenters. The first kappa shape index (κ1) is 91.1. The minimum absolute atomic E-state index is 0.0158. The van der Waals surface area contributed by atoms with Crippen molar-refractivity contribution in [1.82, 2.24) is 36.0 Å². The van der Waals surface area contributed by atoms with Crippen LogP contribution in [0.25, 0.3) is 0 Å². The predicted octanol–water partition coefficient (Wildman–Crippen LogP) is 4.65. The number of nitrogens with one attached hydrogen (secondary N) is 5. The van der Waals surface area contributed by atoms with Crippen LogP contribution in [0.5, 0.6) is 23.0 Å². The molecular formula is C80H108N10O26. The van der Waals surface area contributed by atoms with Crippen LogP contribution in [0, 0.1) is 5.92 Å². The van der Waals surface area contributed by atoms with Crippen LogP contribution in [-0.4, -0.2) is 279 Å². The molecule has 5 aliphatic heterocycles. The first-order valence-electron chi connectivity index (χ1n) is 38.8. The van der Waals surface area contributed by atoms with Crippen molar-refractivity contribution in [2.24, 2.45) is 10.9 Å². The van der Waals surface area contributed by atoms with Gasteiger partial charge in [0.1, 0.15) is 24.7 Å². The summed E-state index contributed by atoms with van der Waals surface area (Å²) >= 11 is 0. The normalized spacial score (nSPS) is 16.8. The second kappa shape index (κ2) is 47.6. The van der Waals surface area contributed by atoms with Gasteiger partial charge in [0.15, 0.2) is 29.2 Å². The van der Waals surface area contributed by atoms with E-state index in [4.69, 9.17) is 61.6 Å². The molecule has 0 spiro atoms. The van der Waals surface area contributed by atoms with Gasteiger partial charge in [-0.2, -0.15) is 0 Å². The number of carbonyl (C=O) groups excluding carboxylic acids is 10. The largest absolute Gasteiger partial charge is 0.493 e. The third-order valence-corrected chi connectivity index (χ3v) is 18.7. The number of carboxylic acid groups (broad SMARTS) is 1. The molecule has 0 aliphatic carbocycles. The quantitative estimate of drug-likeness (QED) is 0.0299. The van der Waals surface area contributed by atoms with Crippen LogP contribution in [0.2, 0.25) is 0 Å². The summed E-state index contributed by atoms with van der Waals surface area (Å²) in [5.41, 5.74) is 3.72. The van der Waals surface area contributed by atoms with Gasteiger partial charge < -0.3 is 108 Å². The van der Waals surface area contributed by atoms with Gasteiger partial charge in [0.2, 0.25) is 29.5 Å². The zero-order valence-corrected chi connectivity index (χ0v) is 66.7. The summed E-state index contributed by atoms with van der Waals surface area (Å²) in [4.78, 5) is 152. The molecule has 5 heterocycles. The molecule has 6 atom stereocenters. The van der Waals surface area contributed by atoms with Gasteiger partial charge in [-0.05, 0) is 95.0 Å². The number of hydrogen-bond donors (Lipinski definition) is 7. The van der Waals surface area contributed by atoms with Crippen LogP contribution in [-0.2, 0) is 87.6 Å².